The topological polar surface area (TPSA) is 43.1 Å². The second-order valence-corrected chi connectivity index (χ2v) is 6.05. The molecule has 1 aromatic heterocycles. The van der Waals surface area contributed by atoms with Crippen molar-refractivity contribution >= 4 is 17.1 Å². The Hall–Kier alpha value is -0.670. The first kappa shape index (κ1) is 14.4. The van der Waals surface area contributed by atoms with Crippen molar-refractivity contribution in [2.75, 3.05) is 6.54 Å². The summed E-state index contributed by atoms with van der Waals surface area (Å²) in [6, 6.07) is 1.94. The minimum atomic E-state index is 0.284. The molecule has 0 amide bonds. The average Bonchev–Trinajstić information content (AvgIpc) is 2.69. The van der Waals surface area contributed by atoms with Gasteiger partial charge < -0.3 is 5.73 Å². The Morgan fingerprint density at radius 2 is 2.12 bits per heavy atom. The lowest BCUT2D eigenvalue weighted by Crippen LogP contribution is -2.15. The fraction of sp³-hybridized carbons (Fsp3) is 0.643. The summed E-state index contributed by atoms with van der Waals surface area (Å²) in [5.41, 5.74) is 6.52. The Morgan fingerprint density at radius 1 is 1.41 bits per heavy atom. The van der Waals surface area contributed by atoms with Crippen LogP contribution in [-0.4, -0.2) is 12.3 Å². The Kier molecular flexibility index (Phi) is 5.86. The lowest BCUT2D eigenvalue weighted by atomic mass is 9.87. The molecule has 0 fully saturated rings. The van der Waals surface area contributed by atoms with Crippen molar-refractivity contribution in [3.05, 3.63) is 21.9 Å². The van der Waals surface area contributed by atoms with E-state index in [0.29, 0.717) is 24.8 Å². The second kappa shape index (κ2) is 6.92. The van der Waals surface area contributed by atoms with Crippen LogP contribution >= 0.6 is 11.3 Å². The Labute approximate surface area is 108 Å². The van der Waals surface area contributed by atoms with E-state index in [9.17, 15) is 4.79 Å². The van der Waals surface area contributed by atoms with Crippen molar-refractivity contribution in [2.45, 2.75) is 40.0 Å². The predicted molar refractivity (Wildman–Crippen MR) is 74.6 cm³/mol. The summed E-state index contributed by atoms with van der Waals surface area (Å²) in [5.74, 6) is 1.46. The largest absolute Gasteiger partial charge is 0.330 e. The average molecular weight is 253 g/mol. The van der Waals surface area contributed by atoms with E-state index >= 15 is 0 Å². The van der Waals surface area contributed by atoms with Crippen LogP contribution in [0.3, 0.4) is 0 Å². The Morgan fingerprint density at radius 3 is 2.59 bits per heavy atom. The van der Waals surface area contributed by atoms with Gasteiger partial charge >= 0.3 is 0 Å². The molecule has 0 aliphatic heterocycles. The van der Waals surface area contributed by atoms with Crippen LogP contribution in [0.1, 0.15) is 48.3 Å². The number of thiophene rings is 1. The highest BCUT2D eigenvalue weighted by atomic mass is 32.1. The molecule has 0 saturated carbocycles. The normalized spacial score (nSPS) is 13.0. The molecule has 3 heteroatoms. The summed E-state index contributed by atoms with van der Waals surface area (Å²) in [7, 11) is 0. The van der Waals surface area contributed by atoms with Gasteiger partial charge in [0, 0.05) is 16.9 Å². The van der Waals surface area contributed by atoms with E-state index in [0.717, 1.165) is 23.3 Å². The van der Waals surface area contributed by atoms with Gasteiger partial charge in [-0.15, -0.1) is 11.3 Å². The third-order valence-corrected chi connectivity index (χ3v) is 4.23. The van der Waals surface area contributed by atoms with Gasteiger partial charge in [0.05, 0.1) is 0 Å². The fourth-order valence-electron chi connectivity index (χ4n) is 2.15. The van der Waals surface area contributed by atoms with Crippen LogP contribution in [0.25, 0.3) is 0 Å². The number of nitrogens with two attached hydrogens (primary N) is 1. The van der Waals surface area contributed by atoms with Gasteiger partial charge in [0.15, 0.2) is 5.78 Å². The number of carbonyl (C=O) groups excluding carboxylic acids is 1. The van der Waals surface area contributed by atoms with Gasteiger partial charge in [0.25, 0.3) is 0 Å². The zero-order valence-electron chi connectivity index (χ0n) is 11.0. The van der Waals surface area contributed by atoms with Crippen LogP contribution in [0, 0.1) is 18.8 Å². The van der Waals surface area contributed by atoms with Crippen LogP contribution in [0.2, 0.25) is 0 Å². The molecule has 0 radical (unpaired) electrons. The summed E-state index contributed by atoms with van der Waals surface area (Å²) in [4.78, 5) is 13.2. The maximum Gasteiger partial charge on any atom is 0.163 e. The summed E-state index contributed by atoms with van der Waals surface area (Å²) in [6.07, 6.45) is 2.64. The molecule has 2 N–H and O–H groups in total. The first-order chi connectivity index (χ1) is 8.06. The van der Waals surface area contributed by atoms with Crippen molar-refractivity contribution in [3.8, 4) is 0 Å². The van der Waals surface area contributed by atoms with E-state index in [1.54, 1.807) is 11.3 Å². The zero-order chi connectivity index (χ0) is 12.8. The summed E-state index contributed by atoms with van der Waals surface area (Å²) >= 11 is 1.64. The van der Waals surface area contributed by atoms with Gasteiger partial charge in [0.1, 0.15) is 0 Å². The molecular formula is C14H23NOS. The molecule has 0 spiro atoms. The van der Waals surface area contributed by atoms with E-state index in [4.69, 9.17) is 5.73 Å². The highest BCUT2D eigenvalue weighted by molar-refractivity contribution is 7.10. The van der Waals surface area contributed by atoms with Gasteiger partial charge in [-0.2, -0.15) is 0 Å². The standard InChI is InChI=1S/C14H23NOS/c1-10(2)12(6-8-15)4-5-14(16)13-7-9-17-11(13)3/h7,9-10,12H,4-6,8,15H2,1-3H3. The van der Waals surface area contributed by atoms with E-state index in [2.05, 4.69) is 13.8 Å². The molecule has 1 atom stereocenters. The maximum absolute atomic E-state index is 12.0. The molecule has 0 aliphatic rings. The number of aryl methyl sites for hydroxylation is 1. The number of ketones is 1. The van der Waals surface area contributed by atoms with Gasteiger partial charge in [-0.1, -0.05) is 13.8 Å². The zero-order valence-corrected chi connectivity index (χ0v) is 11.8. The van der Waals surface area contributed by atoms with Gasteiger partial charge in [0.2, 0.25) is 0 Å². The van der Waals surface area contributed by atoms with Crippen LogP contribution in [-0.2, 0) is 0 Å². The summed E-state index contributed by atoms with van der Waals surface area (Å²) in [5, 5.41) is 1.99. The number of carbonyl (C=O) groups is 1. The molecule has 1 unspecified atom stereocenters. The number of Topliss-reactive ketones (excluding diaryl/α,β-unsaturated/α-hetero) is 1. The van der Waals surface area contributed by atoms with Crippen LogP contribution in [0.4, 0.5) is 0 Å². The SMILES string of the molecule is Cc1sccc1C(=O)CCC(CCN)C(C)C. The van der Waals surface area contributed by atoms with Crippen molar-refractivity contribution in [1.82, 2.24) is 0 Å². The predicted octanol–water partition coefficient (Wildman–Crippen LogP) is 3.64. The lowest BCUT2D eigenvalue weighted by molar-refractivity contribution is 0.0969. The first-order valence-electron chi connectivity index (χ1n) is 6.33. The number of hydrogen-bond donors (Lipinski definition) is 1. The molecule has 0 aliphatic carbocycles. The quantitative estimate of drug-likeness (QED) is 0.754. The number of rotatable bonds is 7. The van der Waals surface area contributed by atoms with Gasteiger partial charge in [-0.25, -0.2) is 0 Å². The summed E-state index contributed by atoms with van der Waals surface area (Å²) in [6.45, 7) is 7.15. The molecule has 0 saturated heterocycles. The van der Waals surface area contributed by atoms with Crippen molar-refractivity contribution in [3.63, 3.8) is 0 Å². The summed E-state index contributed by atoms with van der Waals surface area (Å²) < 4.78 is 0. The monoisotopic (exact) mass is 253 g/mol. The highest BCUT2D eigenvalue weighted by Gasteiger charge is 2.16. The van der Waals surface area contributed by atoms with Gasteiger partial charge in [-0.05, 0) is 49.6 Å². The third-order valence-electron chi connectivity index (χ3n) is 3.38. The van der Waals surface area contributed by atoms with E-state index < -0.39 is 0 Å². The molecule has 1 aromatic rings. The molecule has 1 rings (SSSR count). The highest BCUT2D eigenvalue weighted by Crippen LogP contribution is 2.23. The molecule has 0 bridgehead atoms. The van der Waals surface area contributed by atoms with E-state index in [-0.39, 0.29) is 5.78 Å². The van der Waals surface area contributed by atoms with Crippen molar-refractivity contribution < 1.29 is 4.79 Å². The number of hydrogen-bond acceptors (Lipinski definition) is 3. The molecule has 96 valence electrons. The van der Waals surface area contributed by atoms with E-state index in [1.165, 1.54) is 0 Å². The minimum absolute atomic E-state index is 0.284. The smallest absolute Gasteiger partial charge is 0.163 e. The molecule has 1 heterocycles. The molecule has 17 heavy (non-hydrogen) atoms. The lowest BCUT2D eigenvalue weighted by Gasteiger charge is -2.19. The van der Waals surface area contributed by atoms with Crippen LogP contribution in [0.15, 0.2) is 11.4 Å². The fourth-order valence-corrected chi connectivity index (χ4v) is 2.87. The molecular weight excluding hydrogens is 230 g/mol. The van der Waals surface area contributed by atoms with Crippen LogP contribution in [0.5, 0.6) is 0 Å². The van der Waals surface area contributed by atoms with Crippen LogP contribution < -0.4 is 5.73 Å². The van der Waals surface area contributed by atoms with Crippen molar-refractivity contribution in [1.29, 1.82) is 0 Å². The minimum Gasteiger partial charge on any atom is -0.330 e. The van der Waals surface area contributed by atoms with E-state index in [1.807, 2.05) is 18.4 Å². The second-order valence-electron chi connectivity index (χ2n) is 4.93. The van der Waals surface area contributed by atoms with Crippen molar-refractivity contribution in [2.24, 2.45) is 17.6 Å². The Bertz CT molecular complexity index is 357. The maximum atomic E-state index is 12.0. The Balaban J connectivity index is 2.49. The molecule has 0 aromatic carbocycles. The third kappa shape index (κ3) is 4.25. The first-order valence-corrected chi connectivity index (χ1v) is 7.21. The molecule has 2 nitrogen and oxygen atoms in total. The van der Waals surface area contributed by atoms with Gasteiger partial charge in [-0.3, -0.25) is 4.79 Å².